The molecule has 4 N–H and O–H groups in total. The maximum atomic E-state index is 10.6. The van der Waals surface area contributed by atoms with Crippen LogP contribution in [0.15, 0.2) is 12.7 Å². The van der Waals surface area contributed by atoms with Crippen LogP contribution in [0, 0.1) is 5.92 Å². The molecular weight excluding hydrogens is 324 g/mol. The fraction of sp³-hybridized carbons (Fsp3) is 0.688. The predicted molar refractivity (Wildman–Crippen MR) is 90.5 cm³/mol. The van der Waals surface area contributed by atoms with Crippen LogP contribution in [0.3, 0.4) is 0 Å². The zero-order chi connectivity index (χ0) is 17.8. The van der Waals surface area contributed by atoms with Gasteiger partial charge in [-0.15, -0.1) is 0 Å². The van der Waals surface area contributed by atoms with E-state index >= 15 is 0 Å². The number of rotatable bonds is 5. The maximum Gasteiger partial charge on any atom is 0.167 e. The molecule has 9 heteroatoms. The lowest BCUT2D eigenvalue weighted by atomic mass is 10.1. The molecule has 2 aliphatic rings. The highest BCUT2D eigenvalue weighted by Crippen LogP contribution is 2.57. The largest absolute Gasteiger partial charge is 0.387 e. The summed E-state index contributed by atoms with van der Waals surface area (Å²) in [6.07, 6.45) is 1.96. The van der Waals surface area contributed by atoms with Gasteiger partial charge in [-0.2, -0.15) is 0 Å². The van der Waals surface area contributed by atoms with Gasteiger partial charge in [0.1, 0.15) is 29.7 Å². The molecule has 1 aliphatic carbocycles. The molecule has 3 heterocycles. The molecule has 1 spiro atoms. The summed E-state index contributed by atoms with van der Waals surface area (Å²) in [5, 5.41) is 21.2. The maximum absolute atomic E-state index is 10.6. The molecule has 0 radical (unpaired) electrons. The summed E-state index contributed by atoms with van der Waals surface area (Å²) in [6.45, 7) is 3.97. The van der Waals surface area contributed by atoms with E-state index in [2.05, 4.69) is 33.8 Å². The molecule has 0 aromatic carbocycles. The van der Waals surface area contributed by atoms with E-state index < -0.39 is 24.0 Å². The smallest absolute Gasteiger partial charge is 0.167 e. The highest BCUT2D eigenvalue weighted by molar-refractivity contribution is 5.81. The van der Waals surface area contributed by atoms with Gasteiger partial charge in [0.15, 0.2) is 17.7 Å². The Morgan fingerprint density at radius 3 is 2.96 bits per heavy atom. The molecule has 4 rings (SSSR count). The minimum atomic E-state index is -1.05. The lowest BCUT2D eigenvalue weighted by molar-refractivity contribution is -0.0546. The minimum Gasteiger partial charge on any atom is -0.387 e. The van der Waals surface area contributed by atoms with Crippen LogP contribution in [0.4, 0.5) is 5.82 Å². The van der Waals surface area contributed by atoms with E-state index in [1.54, 1.807) is 4.57 Å². The van der Waals surface area contributed by atoms with Gasteiger partial charge >= 0.3 is 0 Å². The summed E-state index contributed by atoms with van der Waals surface area (Å²) in [7, 11) is 2.06. The third-order valence-electron chi connectivity index (χ3n) is 5.35. The first kappa shape index (κ1) is 16.6. The van der Waals surface area contributed by atoms with Crippen LogP contribution in [0.1, 0.15) is 26.0 Å². The summed E-state index contributed by atoms with van der Waals surface area (Å²) in [5.74, 6) is 0.477. The Balaban J connectivity index is 1.58. The summed E-state index contributed by atoms with van der Waals surface area (Å²) in [5.41, 5.74) is 6.07. The summed E-state index contributed by atoms with van der Waals surface area (Å²) in [6, 6.07) is 0. The van der Waals surface area contributed by atoms with Crippen molar-refractivity contribution in [1.29, 1.82) is 0 Å². The molecule has 9 nitrogen and oxygen atoms in total. The van der Waals surface area contributed by atoms with E-state index in [1.165, 1.54) is 12.7 Å². The van der Waals surface area contributed by atoms with Crippen molar-refractivity contribution in [1.82, 2.24) is 24.4 Å². The number of aromatic nitrogens is 4. The predicted octanol–water partition coefficient (Wildman–Crippen LogP) is -0.240. The number of ether oxygens (including phenoxy) is 1. The highest BCUT2D eigenvalue weighted by atomic mass is 16.6. The van der Waals surface area contributed by atoms with Gasteiger partial charge in [-0.3, -0.25) is 4.57 Å². The molecule has 2 fully saturated rings. The molecule has 3 unspecified atom stereocenters. The first-order chi connectivity index (χ1) is 12.0. The van der Waals surface area contributed by atoms with E-state index in [0.29, 0.717) is 11.2 Å². The van der Waals surface area contributed by atoms with Gasteiger partial charge in [-0.05, 0) is 26.4 Å². The Hall–Kier alpha value is -1.81. The van der Waals surface area contributed by atoms with Gasteiger partial charge in [0.25, 0.3) is 0 Å². The SMILES string of the molecule is CCCN(C)C[C@H]1C[C@]12OC(n1cnc3c(N)ncnc31)C(O)C2O. The average molecular weight is 348 g/mol. The van der Waals surface area contributed by atoms with E-state index in [0.717, 1.165) is 25.9 Å². The fourth-order valence-electron chi connectivity index (χ4n) is 3.99. The Morgan fingerprint density at radius 1 is 1.40 bits per heavy atom. The van der Waals surface area contributed by atoms with Gasteiger partial charge in [0.05, 0.1) is 6.33 Å². The normalized spacial score (nSPS) is 34.4. The van der Waals surface area contributed by atoms with Crippen molar-refractivity contribution in [3.63, 3.8) is 0 Å². The van der Waals surface area contributed by atoms with Gasteiger partial charge in [0, 0.05) is 12.5 Å². The molecular formula is C16H24N6O3. The number of nitrogen functional groups attached to an aromatic ring is 1. The van der Waals surface area contributed by atoms with E-state index in [9.17, 15) is 10.2 Å². The Labute approximate surface area is 145 Å². The second kappa shape index (κ2) is 5.87. The van der Waals surface area contributed by atoms with Gasteiger partial charge in [-0.25, -0.2) is 15.0 Å². The molecule has 1 saturated heterocycles. The summed E-state index contributed by atoms with van der Waals surface area (Å²) in [4.78, 5) is 14.6. The number of hydrogen-bond donors (Lipinski definition) is 3. The van der Waals surface area contributed by atoms with Crippen LogP contribution in [0.2, 0.25) is 0 Å². The van der Waals surface area contributed by atoms with Crippen molar-refractivity contribution < 1.29 is 14.9 Å². The van der Waals surface area contributed by atoms with E-state index in [4.69, 9.17) is 10.5 Å². The number of aliphatic hydroxyl groups excluding tert-OH is 2. The topological polar surface area (TPSA) is 123 Å². The van der Waals surface area contributed by atoms with Gasteiger partial charge in [-0.1, -0.05) is 6.92 Å². The lowest BCUT2D eigenvalue weighted by Gasteiger charge is -2.19. The van der Waals surface area contributed by atoms with Crippen molar-refractivity contribution in [2.45, 2.75) is 43.8 Å². The minimum absolute atomic E-state index is 0.202. The number of nitrogens with zero attached hydrogens (tertiary/aromatic N) is 5. The zero-order valence-electron chi connectivity index (χ0n) is 14.4. The standard InChI is InChI=1S/C16H24N6O3/c1-3-4-21(2)6-9-5-16(9)12(24)11(23)15(25-16)22-8-20-10-13(17)18-7-19-14(10)22/h7-9,11-12,15,23-24H,3-6H2,1-2H3,(H2,17,18,19)/t9-,11?,12?,15?,16+/m1/s1. The first-order valence-corrected chi connectivity index (χ1v) is 8.63. The van der Waals surface area contributed by atoms with Crippen LogP contribution >= 0.6 is 0 Å². The van der Waals surface area contributed by atoms with Gasteiger partial charge < -0.3 is 25.6 Å². The number of nitrogens with two attached hydrogens (primary N) is 1. The number of fused-ring (bicyclic) bond motifs is 1. The quantitative estimate of drug-likeness (QED) is 0.677. The highest BCUT2D eigenvalue weighted by Gasteiger charge is 2.68. The van der Waals surface area contributed by atoms with Crippen LogP contribution in [-0.4, -0.2) is 72.6 Å². The molecule has 25 heavy (non-hydrogen) atoms. The Bertz CT molecular complexity index is 782. The Kier molecular flexibility index (Phi) is 3.91. The Morgan fingerprint density at radius 2 is 2.20 bits per heavy atom. The van der Waals surface area contributed by atoms with E-state index in [-0.39, 0.29) is 11.7 Å². The molecule has 5 atom stereocenters. The van der Waals surface area contributed by atoms with Crippen molar-refractivity contribution in [3.8, 4) is 0 Å². The summed E-state index contributed by atoms with van der Waals surface area (Å²) < 4.78 is 7.79. The molecule has 0 bridgehead atoms. The van der Waals surface area contributed by atoms with Crippen molar-refractivity contribution in [2.24, 2.45) is 5.92 Å². The van der Waals surface area contributed by atoms with Crippen LogP contribution in [0.5, 0.6) is 0 Å². The van der Waals surface area contributed by atoms with Crippen LogP contribution in [0.25, 0.3) is 11.2 Å². The first-order valence-electron chi connectivity index (χ1n) is 8.63. The average Bonchev–Trinajstić information content (AvgIpc) is 2.97. The van der Waals surface area contributed by atoms with Crippen LogP contribution < -0.4 is 5.73 Å². The number of imidazole rings is 1. The summed E-state index contributed by atoms with van der Waals surface area (Å²) >= 11 is 0. The van der Waals surface area contributed by atoms with Crippen molar-refractivity contribution in [3.05, 3.63) is 12.7 Å². The molecule has 0 amide bonds. The van der Waals surface area contributed by atoms with Crippen molar-refractivity contribution in [2.75, 3.05) is 25.9 Å². The zero-order valence-corrected chi connectivity index (χ0v) is 14.4. The number of anilines is 1. The fourth-order valence-corrected chi connectivity index (χ4v) is 3.99. The monoisotopic (exact) mass is 348 g/mol. The molecule has 1 saturated carbocycles. The van der Waals surface area contributed by atoms with Crippen LogP contribution in [-0.2, 0) is 4.74 Å². The third kappa shape index (κ3) is 2.50. The second-order valence-electron chi connectivity index (χ2n) is 7.15. The third-order valence-corrected chi connectivity index (χ3v) is 5.35. The van der Waals surface area contributed by atoms with Gasteiger partial charge in [0.2, 0.25) is 0 Å². The van der Waals surface area contributed by atoms with E-state index in [1.807, 2.05) is 0 Å². The van der Waals surface area contributed by atoms with Crippen molar-refractivity contribution >= 4 is 17.0 Å². The number of aliphatic hydroxyl groups is 2. The second-order valence-corrected chi connectivity index (χ2v) is 7.15. The molecule has 2 aromatic rings. The molecule has 2 aromatic heterocycles. The molecule has 136 valence electrons. The number of hydrogen-bond acceptors (Lipinski definition) is 8. The molecule has 1 aliphatic heterocycles. The lowest BCUT2D eigenvalue weighted by Crippen LogP contribution is -2.35.